The lowest BCUT2D eigenvalue weighted by molar-refractivity contribution is 0.476. The predicted octanol–water partition coefficient (Wildman–Crippen LogP) is 7.67. The maximum Gasteiger partial charge on any atom is 0.275 e. The lowest BCUT2D eigenvalue weighted by Gasteiger charge is -2.18. The van der Waals surface area contributed by atoms with Crippen molar-refractivity contribution in [2.24, 2.45) is 0 Å². The normalized spacial score (nSPS) is 16.7. The summed E-state index contributed by atoms with van der Waals surface area (Å²) in [7, 11) is -4.10. The Labute approximate surface area is 205 Å². The molecule has 5 aromatic carbocycles. The van der Waals surface area contributed by atoms with Crippen molar-refractivity contribution >= 4 is 48.5 Å². The zero-order valence-electron chi connectivity index (χ0n) is 19.3. The average molecular weight is 479 g/mol. The third-order valence-corrected chi connectivity index (χ3v) is 8.36. The first-order valence-electron chi connectivity index (χ1n) is 12.1. The summed E-state index contributed by atoms with van der Waals surface area (Å²) < 4.78 is 31.9. The second-order valence-electron chi connectivity index (χ2n) is 9.38. The molecule has 0 amide bonds. The number of rotatable bonds is 1. The molecule has 3 nitrogen and oxygen atoms in total. The number of hydrogen-bond donors (Lipinski definition) is 1. The van der Waals surface area contributed by atoms with Crippen LogP contribution in [0.15, 0.2) is 91.0 Å². The van der Waals surface area contributed by atoms with Crippen LogP contribution in [-0.4, -0.2) is 13.0 Å². The van der Waals surface area contributed by atoms with E-state index in [9.17, 15) is 13.0 Å². The van der Waals surface area contributed by atoms with Crippen LogP contribution in [0.1, 0.15) is 40.3 Å². The highest BCUT2D eigenvalue weighted by Crippen LogP contribution is 2.37. The van der Waals surface area contributed by atoms with E-state index in [1.54, 1.807) is 29.3 Å². The number of hydrogen-bond acceptors (Lipinski definition) is 2. The van der Waals surface area contributed by atoms with E-state index in [0.717, 1.165) is 16.3 Å². The van der Waals surface area contributed by atoms with Crippen LogP contribution in [-0.2, 0) is 23.0 Å². The van der Waals surface area contributed by atoms with Crippen molar-refractivity contribution in [2.75, 3.05) is 0 Å². The maximum atomic E-state index is 11.3. The Morgan fingerprint density at radius 3 is 2.29 bits per heavy atom. The first-order chi connectivity index (χ1) is 17.0. The Bertz CT molecular complexity index is 1730. The Kier molecular flexibility index (Phi) is 5.43. The fraction of sp³-hybridized carbons (Fsp3) is 0.161. The number of benzene rings is 5. The average Bonchev–Trinajstić information content (AvgIpc) is 2.88. The molecule has 0 heterocycles. The molecule has 0 saturated carbocycles. The molecule has 4 heteroatoms. The third-order valence-electron chi connectivity index (χ3n) is 7.30. The first-order valence-corrected chi connectivity index (χ1v) is 13.6. The van der Waals surface area contributed by atoms with Gasteiger partial charge in [-0.15, -0.1) is 0 Å². The molecule has 0 fully saturated rings. The van der Waals surface area contributed by atoms with Gasteiger partial charge in [-0.3, -0.25) is 4.55 Å². The lowest BCUT2D eigenvalue weighted by Crippen LogP contribution is -2.12. The van der Waals surface area contributed by atoms with Crippen molar-refractivity contribution in [1.82, 2.24) is 0 Å². The predicted molar refractivity (Wildman–Crippen MR) is 145 cm³/mol. The summed E-state index contributed by atoms with van der Waals surface area (Å²) in [6.07, 6.45) is 8.48. The Morgan fingerprint density at radius 1 is 0.686 bits per heavy atom. The van der Waals surface area contributed by atoms with Crippen LogP contribution in [0.2, 0.25) is 0 Å². The van der Waals surface area contributed by atoms with Crippen molar-refractivity contribution in [1.29, 1.82) is 0 Å². The fourth-order valence-corrected chi connectivity index (χ4v) is 6.47. The van der Waals surface area contributed by atoms with Crippen LogP contribution in [0.4, 0.5) is 0 Å². The van der Waals surface area contributed by atoms with Gasteiger partial charge in [0.05, 0.1) is 0 Å². The zero-order chi connectivity index (χ0) is 24.0. The van der Waals surface area contributed by atoms with Crippen LogP contribution < -0.4 is 0 Å². The standard InChI is InChI=1S/C18H16.C13H10O3S/c1-3-7-15-13(5-1)9-11-18-16-8-4-2-6-14(16)10-12-17(15)18;14-17(15,16)12-8-7-10-4-1-3-9-5-2-6-11(12)13(9)10/h1,3,5,7,9-12H,2,4,6,8H2;1-8,12H,(H,14,15,16). The molecular weight excluding hydrogens is 452 g/mol. The molecule has 1 N–H and O–H groups in total. The van der Waals surface area contributed by atoms with Gasteiger partial charge in [-0.1, -0.05) is 97.1 Å². The highest BCUT2D eigenvalue weighted by Gasteiger charge is 2.27. The van der Waals surface area contributed by atoms with Crippen LogP contribution in [0.5, 0.6) is 0 Å². The van der Waals surface area contributed by atoms with Crippen molar-refractivity contribution in [2.45, 2.75) is 30.9 Å². The quantitative estimate of drug-likeness (QED) is 0.199. The molecule has 1 atom stereocenters. The van der Waals surface area contributed by atoms with Crippen molar-refractivity contribution in [3.05, 3.63) is 113 Å². The van der Waals surface area contributed by atoms with E-state index in [2.05, 4.69) is 48.5 Å². The van der Waals surface area contributed by atoms with Crippen LogP contribution in [0.3, 0.4) is 0 Å². The highest BCUT2D eigenvalue weighted by molar-refractivity contribution is 7.86. The molecular formula is C31H26O3S. The van der Waals surface area contributed by atoms with Crippen molar-refractivity contribution < 1.29 is 13.0 Å². The van der Waals surface area contributed by atoms with E-state index in [-0.39, 0.29) is 0 Å². The molecule has 0 aromatic heterocycles. The van der Waals surface area contributed by atoms with Crippen molar-refractivity contribution in [3.63, 3.8) is 0 Å². The monoisotopic (exact) mass is 478 g/mol. The second kappa shape index (κ2) is 8.63. The number of fused-ring (bicyclic) bond motifs is 5. The first kappa shape index (κ1) is 22.0. The van der Waals surface area contributed by atoms with Gasteiger partial charge in [0.2, 0.25) is 0 Å². The smallest absolute Gasteiger partial charge is 0.275 e. The van der Waals surface area contributed by atoms with Gasteiger partial charge in [0.1, 0.15) is 5.25 Å². The van der Waals surface area contributed by atoms with Gasteiger partial charge >= 0.3 is 0 Å². The summed E-state index contributed by atoms with van der Waals surface area (Å²) >= 11 is 0. The molecule has 35 heavy (non-hydrogen) atoms. The molecule has 2 aliphatic rings. The second-order valence-corrected chi connectivity index (χ2v) is 10.9. The Morgan fingerprint density at radius 2 is 1.43 bits per heavy atom. The van der Waals surface area contributed by atoms with E-state index in [0.29, 0.717) is 5.56 Å². The fourth-order valence-electron chi connectivity index (χ4n) is 5.67. The third kappa shape index (κ3) is 3.93. The van der Waals surface area contributed by atoms with E-state index in [4.69, 9.17) is 0 Å². The topological polar surface area (TPSA) is 54.4 Å². The summed E-state index contributed by atoms with van der Waals surface area (Å²) in [5.74, 6) is 0. The minimum atomic E-state index is -4.10. The van der Waals surface area contributed by atoms with Gasteiger partial charge in [-0.05, 0) is 80.3 Å². The maximum absolute atomic E-state index is 11.3. The van der Waals surface area contributed by atoms with Crippen molar-refractivity contribution in [3.8, 4) is 0 Å². The van der Waals surface area contributed by atoms with Gasteiger partial charge in [0.15, 0.2) is 0 Å². The molecule has 0 aliphatic heterocycles. The van der Waals surface area contributed by atoms with Gasteiger partial charge in [0.25, 0.3) is 10.1 Å². The minimum absolute atomic E-state index is 0.642. The van der Waals surface area contributed by atoms with Gasteiger partial charge < -0.3 is 0 Å². The van der Waals surface area contributed by atoms with E-state index < -0.39 is 15.4 Å². The van der Waals surface area contributed by atoms with Gasteiger partial charge in [-0.2, -0.15) is 8.42 Å². The summed E-state index contributed by atoms with van der Waals surface area (Å²) in [5.41, 5.74) is 4.80. The molecule has 1 unspecified atom stereocenters. The molecule has 0 spiro atoms. The molecule has 0 saturated heterocycles. The SMILES string of the molecule is O=S(=O)(O)C1C=Cc2cccc3cccc1c23.c1ccc2c(c1)ccc1c3c(ccc12)CCCC3. The highest BCUT2D eigenvalue weighted by atomic mass is 32.2. The summed E-state index contributed by atoms with van der Waals surface area (Å²) in [5, 5.41) is 6.57. The van der Waals surface area contributed by atoms with Gasteiger partial charge in [-0.25, -0.2) is 0 Å². The molecule has 174 valence electrons. The molecule has 5 aromatic rings. The van der Waals surface area contributed by atoms with Crippen LogP contribution in [0, 0.1) is 0 Å². The molecule has 0 radical (unpaired) electrons. The number of aryl methyl sites for hydroxylation is 2. The minimum Gasteiger partial charge on any atom is -0.285 e. The Hall–Kier alpha value is -3.47. The van der Waals surface area contributed by atoms with E-state index in [1.165, 1.54) is 53.3 Å². The zero-order valence-corrected chi connectivity index (χ0v) is 20.1. The van der Waals surface area contributed by atoms with Crippen LogP contribution >= 0.6 is 0 Å². The molecule has 7 rings (SSSR count). The van der Waals surface area contributed by atoms with Gasteiger partial charge in [0, 0.05) is 0 Å². The van der Waals surface area contributed by atoms with E-state index >= 15 is 0 Å². The molecule has 0 bridgehead atoms. The molecule has 2 aliphatic carbocycles. The summed E-state index contributed by atoms with van der Waals surface area (Å²) in [6.45, 7) is 0. The lowest BCUT2D eigenvalue weighted by atomic mass is 9.86. The largest absolute Gasteiger partial charge is 0.285 e. The summed E-state index contributed by atoms with van der Waals surface area (Å²) in [6, 6.07) is 29.2. The van der Waals surface area contributed by atoms with E-state index in [1.807, 2.05) is 24.3 Å². The van der Waals surface area contributed by atoms with Crippen LogP contribution in [0.25, 0.3) is 38.4 Å². The summed E-state index contributed by atoms with van der Waals surface area (Å²) in [4.78, 5) is 0. The Balaban J connectivity index is 0.000000131.